The van der Waals surface area contributed by atoms with Crippen molar-refractivity contribution >= 4 is 21.8 Å². The Kier molecular flexibility index (Phi) is 3.48. The Bertz CT molecular complexity index is 522. The fourth-order valence-corrected chi connectivity index (χ4v) is 1.50. The van der Waals surface area contributed by atoms with Gasteiger partial charge in [-0.05, 0) is 29.5 Å². The minimum absolute atomic E-state index is 0.0695. The van der Waals surface area contributed by atoms with Crippen molar-refractivity contribution in [2.45, 2.75) is 6.54 Å². The molecule has 0 bridgehead atoms. The number of rotatable bonds is 3. The summed E-state index contributed by atoms with van der Waals surface area (Å²) in [5.41, 5.74) is 0.858. The number of hydrogen-bond donors (Lipinski definition) is 1. The summed E-state index contributed by atoms with van der Waals surface area (Å²) in [6.45, 7) is 0.0695. The van der Waals surface area contributed by atoms with Crippen LogP contribution in [0, 0.1) is 0 Å². The molecule has 1 N–H and O–H groups in total. The third kappa shape index (κ3) is 2.88. The van der Waals surface area contributed by atoms with Crippen molar-refractivity contribution in [3.63, 3.8) is 0 Å². The molecular formula is C10H10BrN5O. The van der Waals surface area contributed by atoms with Crippen molar-refractivity contribution in [2.75, 3.05) is 7.05 Å². The Morgan fingerprint density at radius 1 is 1.41 bits per heavy atom. The Labute approximate surface area is 106 Å². The van der Waals surface area contributed by atoms with Gasteiger partial charge in [-0.25, -0.2) is 0 Å². The summed E-state index contributed by atoms with van der Waals surface area (Å²) in [5, 5.41) is 14.3. The number of carbonyl (C=O) groups is 1. The average molecular weight is 296 g/mol. The second-order valence-corrected chi connectivity index (χ2v) is 4.24. The molecule has 2 rings (SSSR count). The molecular weight excluding hydrogens is 286 g/mol. The van der Waals surface area contributed by atoms with Gasteiger partial charge in [0, 0.05) is 17.1 Å². The van der Waals surface area contributed by atoms with Gasteiger partial charge in [0.1, 0.15) is 6.54 Å². The van der Waals surface area contributed by atoms with E-state index in [4.69, 9.17) is 0 Å². The van der Waals surface area contributed by atoms with Crippen LogP contribution < -0.4 is 5.32 Å². The first-order valence-corrected chi connectivity index (χ1v) is 5.72. The smallest absolute Gasteiger partial charge is 0.243 e. The van der Waals surface area contributed by atoms with E-state index < -0.39 is 0 Å². The van der Waals surface area contributed by atoms with Gasteiger partial charge in [-0.2, -0.15) is 4.80 Å². The van der Waals surface area contributed by atoms with Gasteiger partial charge >= 0.3 is 0 Å². The fourth-order valence-electron chi connectivity index (χ4n) is 1.23. The SMILES string of the molecule is CNC(=O)Cn1nnc(-c2ccc(Br)cc2)n1. The molecule has 1 aromatic heterocycles. The number of benzene rings is 1. The highest BCUT2D eigenvalue weighted by Gasteiger charge is 2.07. The predicted molar refractivity (Wildman–Crippen MR) is 65.0 cm³/mol. The molecule has 0 unspecified atom stereocenters. The van der Waals surface area contributed by atoms with E-state index in [1.165, 1.54) is 4.80 Å². The van der Waals surface area contributed by atoms with Gasteiger partial charge in [0.15, 0.2) is 0 Å². The number of tetrazole rings is 1. The molecule has 0 atom stereocenters. The Balaban J connectivity index is 2.18. The van der Waals surface area contributed by atoms with E-state index in [0.717, 1.165) is 10.0 Å². The highest BCUT2D eigenvalue weighted by atomic mass is 79.9. The zero-order chi connectivity index (χ0) is 12.3. The predicted octanol–water partition coefficient (Wildman–Crippen LogP) is 0.849. The quantitative estimate of drug-likeness (QED) is 0.911. The molecule has 17 heavy (non-hydrogen) atoms. The van der Waals surface area contributed by atoms with Gasteiger partial charge in [0.25, 0.3) is 0 Å². The number of amides is 1. The van der Waals surface area contributed by atoms with Crippen molar-refractivity contribution < 1.29 is 4.79 Å². The van der Waals surface area contributed by atoms with E-state index in [9.17, 15) is 4.79 Å². The summed E-state index contributed by atoms with van der Waals surface area (Å²) in [6, 6.07) is 7.56. The number of nitrogens with zero attached hydrogens (tertiary/aromatic N) is 4. The molecule has 0 aliphatic heterocycles. The zero-order valence-corrected chi connectivity index (χ0v) is 10.7. The molecule has 0 fully saturated rings. The summed E-state index contributed by atoms with van der Waals surface area (Å²) in [5.74, 6) is 0.339. The molecule has 0 saturated carbocycles. The van der Waals surface area contributed by atoms with Crippen LogP contribution in [-0.4, -0.2) is 33.2 Å². The van der Waals surface area contributed by atoms with Crippen LogP contribution in [0.15, 0.2) is 28.7 Å². The van der Waals surface area contributed by atoms with Crippen LogP contribution in [0.1, 0.15) is 0 Å². The number of hydrogen-bond acceptors (Lipinski definition) is 4. The van der Waals surface area contributed by atoms with Gasteiger partial charge in [0.2, 0.25) is 11.7 Å². The van der Waals surface area contributed by atoms with Gasteiger partial charge in [-0.3, -0.25) is 4.79 Å². The van der Waals surface area contributed by atoms with Crippen LogP contribution in [0.4, 0.5) is 0 Å². The van der Waals surface area contributed by atoms with Crippen molar-refractivity contribution in [3.8, 4) is 11.4 Å². The highest BCUT2D eigenvalue weighted by Crippen LogP contribution is 2.17. The molecule has 0 saturated heterocycles. The molecule has 0 radical (unpaired) electrons. The maximum absolute atomic E-state index is 11.1. The van der Waals surface area contributed by atoms with E-state index in [1.54, 1.807) is 7.05 Å². The van der Waals surface area contributed by atoms with Crippen LogP contribution >= 0.6 is 15.9 Å². The monoisotopic (exact) mass is 295 g/mol. The second-order valence-electron chi connectivity index (χ2n) is 3.32. The van der Waals surface area contributed by atoms with Crippen LogP contribution in [0.3, 0.4) is 0 Å². The summed E-state index contributed by atoms with van der Waals surface area (Å²) < 4.78 is 0.985. The molecule has 0 aliphatic rings. The van der Waals surface area contributed by atoms with Crippen molar-refractivity contribution in [2.24, 2.45) is 0 Å². The molecule has 2 aromatic rings. The average Bonchev–Trinajstić information content (AvgIpc) is 2.78. The highest BCUT2D eigenvalue weighted by molar-refractivity contribution is 9.10. The molecule has 88 valence electrons. The summed E-state index contributed by atoms with van der Waals surface area (Å²) >= 11 is 3.35. The third-order valence-corrected chi connectivity index (χ3v) is 2.65. The van der Waals surface area contributed by atoms with Crippen LogP contribution in [0.5, 0.6) is 0 Å². The Morgan fingerprint density at radius 2 is 2.12 bits per heavy atom. The minimum atomic E-state index is -0.162. The van der Waals surface area contributed by atoms with E-state index in [1.807, 2.05) is 24.3 Å². The largest absolute Gasteiger partial charge is 0.358 e. The fraction of sp³-hybridized carbons (Fsp3) is 0.200. The molecule has 6 nitrogen and oxygen atoms in total. The maximum atomic E-state index is 11.1. The van der Waals surface area contributed by atoms with E-state index in [0.29, 0.717) is 5.82 Å². The number of nitrogens with one attached hydrogen (secondary N) is 1. The lowest BCUT2D eigenvalue weighted by molar-refractivity contribution is -0.121. The first-order chi connectivity index (χ1) is 8.19. The Hall–Kier alpha value is -1.76. The first-order valence-electron chi connectivity index (χ1n) is 4.93. The molecule has 1 aromatic carbocycles. The topological polar surface area (TPSA) is 72.7 Å². The minimum Gasteiger partial charge on any atom is -0.358 e. The van der Waals surface area contributed by atoms with Crippen molar-refractivity contribution in [1.82, 2.24) is 25.5 Å². The second kappa shape index (κ2) is 5.05. The number of halogens is 1. The van der Waals surface area contributed by atoms with Crippen LogP contribution in [-0.2, 0) is 11.3 Å². The molecule has 0 aliphatic carbocycles. The van der Waals surface area contributed by atoms with Gasteiger partial charge in [-0.15, -0.1) is 10.2 Å². The molecule has 1 heterocycles. The molecule has 1 amide bonds. The zero-order valence-electron chi connectivity index (χ0n) is 9.09. The van der Waals surface area contributed by atoms with Crippen LogP contribution in [0.2, 0.25) is 0 Å². The Morgan fingerprint density at radius 3 is 2.76 bits per heavy atom. The number of aromatic nitrogens is 4. The van der Waals surface area contributed by atoms with Crippen LogP contribution in [0.25, 0.3) is 11.4 Å². The lowest BCUT2D eigenvalue weighted by Crippen LogP contribution is -2.24. The summed E-state index contributed by atoms with van der Waals surface area (Å²) in [7, 11) is 1.56. The molecule has 0 spiro atoms. The lowest BCUT2D eigenvalue weighted by atomic mass is 10.2. The van der Waals surface area contributed by atoms with Crippen molar-refractivity contribution in [1.29, 1.82) is 0 Å². The van der Waals surface area contributed by atoms with E-state index >= 15 is 0 Å². The number of carbonyl (C=O) groups excluding carboxylic acids is 1. The number of likely N-dealkylation sites (N-methyl/N-ethyl adjacent to an activating group) is 1. The summed E-state index contributed by atoms with van der Waals surface area (Å²) in [6.07, 6.45) is 0. The molecule has 7 heteroatoms. The normalized spacial score (nSPS) is 10.2. The lowest BCUT2D eigenvalue weighted by Gasteiger charge is -1.96. The summed E-state index contributed by atoms with van der Waals surface area (Å²) in [4.78, 5) is 12.4. The standard InChI is InChI=1S/C10H10BrN5O/c1-12-9(17)6-16-14-10(13-15-16)7-2-4-8(11)5-3-7/h2-5H,6H2,1H3,(H,12,17). The van der Waals surface area contributed by atoms with Gasteiger partial charge in [0.05, 0.1) is 0 Å². The van der Waals surface area contributed by atoms with Crippen molar-refractivity contribution in [3.05, 3.63) is 28.7 Å². The first kappa shape index (κ1) is 11.7. The van der Waals surface area contributed by atoms with E-state index in [-0.39, 0.29) is 12.5 Å². The van der Waals surface area contributed by atoms with Gasteiger partial charge in [-0.1, -0.05) is 15.9 Å². The maximum Gasteiger partial charge on any atom is 0.243 e. The van der Waals surface area contributed by atoms with E-state index in [2.05, 4.69) is 36.7 Å². The third-order valence-electron chi connectivity index (χ3n) is 2.12. The van der Waals surface area contributed by atoms with Gasteiger partial charge < -0.3 is 5.32 Å².